The van der Waals surface area contributed by atoms with Gasteiger partial charge in [-0.3, -0.25) is 4.99 Å². The van der Waals surface area contributed by atoms with E-state index in [1.54, 1.807) is 0 Å². The highest BCUT2D eigenvalue weighted by molar-refractivity contribution is 6.48. The highest BCUT2D eigenvalue weighted by Crippen LogP contribution is 2.37. The van der Waals surface area contributed by atoms with Crippen LogP contribution in [0.5, 0.6) is 0 Å². The number of benzene rings is 1. The van der Waals surface area contributed by atoms with E-state index in [0.717, 1.165) is 54.9 Å². The maximum atomic E-state index is 6.19. The van der Waals surface area contributed by atoms with Gasteiger partial charge in [-0.15, -0.1) is 0 Å². The number of fused-ring (bicyclic) bond motifs is 3. The summed E-state index contributed by atoms with van der Waals surface area (Å²) in [6.45, 7) is 8.02. The summed E-state index contributed by atoms with van der Waals surface area (Å²) in [6, 6.07) is 5.79. The number of piperazine rings is 1. The fraction of sp³-hybridized carbons (Fsp3) is 0.471. The molecule has 4 rings (SSSR count). The van der Waals surface area contributed by atoms with Crippen LogP contribution in [0.1, 0.15) is 13.8 Å². The molecule has 3 aliphatic heterocycles. The summed E-state index contributed by atoms with van der Waals surface area (Å²) in [7, 11) is 2.15. The number of aliphatic imine (C=N–C) groups is 2. The molecule has 0 aromatic heterocycles. The lowest BCUT2D eigenvalue weighted by Gasteiger charge is -2.39. The smallest absolute Gasteiger partial charge is 0.193 e. The van der Waals surface area contributed by atoms with Crippen LogP contribution in [0.15, 0.2) is 33.3 Å². The van der Waals surface area contributed by atoms with Crippen LogP contribution in [0, 0.1) is 0 Å². The van der Waals surface area contributed by atoms with E-state index >= 15 is 0 Å². The second kappa shape index (κ2) is 5.86. The molecule has 1 aromatic carbocycles. The minimum atomic E-state index is 0.0645. The van der Waals surface area contributed by atoms with Crippen molar-refractivity contribution in [3.63, 3.8) is 0 Å². The van der Waals surface area contributed by atoms with E-state index in [2.05, 4.69) is 23.8 Å². The summed E-state index contributed by atoms with van der Waals surface area (Å²) in [6.07, 6.45) is 0. The van der Waals surface area contributed by atoms with Gasteiger partial charge in [-0.25, -0.2) is 10.0 Å². The molecule has 1 atom stereocenters. The Kier molecular flexibility index (Phi) is 3.81. The quantitative estimate of drug-likeness (QED) is 0.727. The van der Waals surface area contributed by atoms with Gasteiger partial charge >= 0.3 is 0 Å². The SMILES string of the molecule is CC1=NN2C(=NC1C)C(N1CCN(C)CC1)=Nc1ccc(Cl)cc12. The molecule has 0 amide bonds. The first-order valence-electron chi connectivity index (χ1n) is 8.28. The first-order valence-corrected chi connectivity index (χ1v) is 8.66. The van der Waals surface area contributed by atoms with Gasteiger partial charge in [0.25, 0.3) is 0 Å². The maximum Gasteiger partial charge on any atom is 0.193 e. The van der Waals surface area contributed by atoms with Gasteiger partial charge in [0.2, 0.25) is 0 Å². The van der Waals surface area contributed by atoms with E-state index in [1.807, 2.05) is 30.1 Å². The number of hydrogen-bond donors (Lipinski definition) is 0. The molecule has 1 saturated heterocycles. The van der Waals surface area contributed by atoms with E-state index in [4.69, 9.17) is 26.7 Å². The molecule has 24 heavy (non-hydrogen) atoms. The van der Waals surface area contributed by atoms with Crippen molar-refractivity contribution in [2.75, 3.05) is 38.2 Å². The minimum Gasteiger partial charge on any atom is -0.351 e. The van der Waals surface area contributed by atoms with Gasteiger partial charge < -0.3 is 9.80 Å². The number of halogens is 1. The first kappa shape index (κ1) is 15.6. The summed E-state index contributed by atoms with van der Waals surface area (Å²) in [5, 5.41) is 7.35. The predicted molar refractivity (Wildman–Crippen MR) is 100 cm³/mol. The van der Waals surface area contributed by atoms with Crippen LogP contribution in [0.2, 0.25) is 5.02 Å². The molecule has 0 saturated carbocycles. The van der Waals surface area contributed by atoms with Gasteiger partial charge in [-0.2, -0.15) is 5.10 Å². The van der Waals surface area contributed by atoms with Crippen molar-refractivity contribution in [2.24, 2.45) is 15.1 Å². The number of nitrogens with zero attached hydrogens (tertiary/aromatic N) is 6. The van der Waals surface area contributed by atoms with Gasteiger partial charge in [-0.05, 0) is 39.1 Å². The third kappa shape index (κ3) is 2.59. The van der Waals surface area contributed by atoms with E-state index in [1.165, 1.54) is 0 Å². The molecule has 7 heteroatoms. The summed E-state index contributed by atoms with van der Waals surface area (Å²) >= 11 is 6.19. The van der Waals surface area contributed by atoms with Crippen LogP contribution >= 0.6 is 11.6 Å². The Morgan fingerprint density at radius 1 is 1.12 bits per heavy atom. The Morgan fingerprint density at radius 2 is 1.88 bits per heavy atom. The largest absolute Gasteiger partial charge is 0.351 e. The van der Waals surface area contributed by atoms with Crippen LogP contribution < -0.4 is 5.01 Å². The number of hydrogen-bond acceptors (Lipinski definition) is 6. The number of likely N-dealkylation sites (N-methyl/N-ethyl adjacent to an activating group) is 1. The van der Waals surface area contributed by atoms with Gasteiger partial charge in [-0.1, -0.05) is 11.6 Å². The maximum absolute atomic E-state index is 6.19. The van der Waals surface area contributed by atoms with Gasteiger partial charge in [0, 0.05) is 31.2 Å². The highest BCUT2D eigenvalue weighted by atomic mass is 35.5. The van der Waals surface area contributed by atoms with E-state index in [9.17, 15) is 0 Å². The van der Waals surface area contributed by atoms with Crippen molar-refractivity contribution in [2.45, 2.75) is 19.9 Å². The second-order valence-electron chi connectivity index (χ2n) is 6.54. The lowest BCUT2D eigenvalue weighted by Crippen LogP contribution is -2.54. The third-order valence-corrected chi connectivity index (χ3v) is 5.01. The number of hydrazone groups is 1. The molecule has 0 N–H and O–H groups in total. The Balaban J connectivity index is 1.81. The minimum absolute atomic E-state index is 0.0645. The molecule has 1 aromatic rings. The number of rotatable bonds is 0. The Labute approximate surface area is 147 Å². The Bertz CT molecular complexity index is 760. The molecular formula is C17H21ClN6. The molecule has 0 aliphatic carbocycles. The van der Waals surface area contributed by atoms with Crippen molar-refractivity contribution in [1.82, 2.24) is 9.80 Å². The number of amidine groups is 2. The van der Waals surface area contributed by atoms with Crippen LogP contribution in [0.25, 0.3) is 0 Å². The van der Waals surface area contributed by atoms with Crippen LogP contribution in [-0.2, 0) is 0 Å². The molecule has 1 fully saturated rings. The summed E-state index contributed by atoms with van der Waals surface area (Å²) < 4.78 is 0. The number of anilines is 1. The predicted octanol–water partition coefficient (Wildman–Crippen LogP) is 2.61. The second-order valence-corrected chi connectivity index (χ2v) is 6.98. The topological polar surface area (TPSA) is 46.8 Å². The molecule has 3 heterocycles. The summed E-state index contributed by atoms with van der Waals surface area (Å²) in [5.41, 5.74) is 2.77. The van der Waals surface area contributed by atoms with Crippen molar-refractivity contribution in [1.29, 1.82) is 0 Å². The van der Waals surface area contributed by atoms with Crippen molar-refractivity contribution in [3.8, 4) is 0 Å². The van der Waals surface area contributed by atoms with E-state index in [0.29, 0.717) is 5.02 Å². The van der Waals surface area contributed by atoms with Crippen LogP contribution in [-0.4, -0.2) is 66.5 Å². The van der Waals surface area contributed by atoms with Gasteiger partial charge in [0.05, 0.1) is 23.1 Å². The zero-order valence-electron chi connectivity index (χ0n) is 14.2. The first-order chi connectivity index (χ1) is 11.5. The fourth-order valence-corrected chi connectivity index (χ4v) is 3.26. The normalized spacial score (nSPS) is 24.0. The molecule has 126 valence electrons. The van der Waals surface area contributed by atoms with E-state index < -0.39 is 0 Å². The average molecular weight is 345 g/mol. The summed E-state index contributed by atoms with van der Waals surface area (Å²) in [5.74, 6) is 1.74. The average Bonchev–Trinajstić information content (AvgIpc) is 2.57. The van der Waals surface area contributed by atoms with Gasteiger partial charge in [0.15, 0.2) is 11.7 Å². The monoisotopic (exact) mass is 344 g/mol. The molecule has 0 radical (unpaired) electrons. The molecular weight excluding hydrogens is 324 g/mol. The van der Waals surface area contributed by atoms with Crippen molar-refractivity contribution in [3.05, 3.63) is 23.2 Å². The molecule has 3 aliphatic rings. The Morgan fingerprint density at radius 3 is 2.62 bits per heavy atom. The highest BCUT2D eigenvalue weighted by Gasteiger charge is 2.34. The lowest BCUT2D eigenvalue weighted by molar-refractivity contribution is 0.217. The molecule has 6 nitrogen and oxygen atoms in total. The molecule has 0 spiro atoms. The van der Waals surface area contributed by atoms with E-state index in [-0.39, 0.29) is 6.04 Å². The third-order valence-electron chi connectivity index (χ3n) is 4.77. The molecule has 1 unspecified atom stereocenters. The zero-order chi connectivity index (χ0) is 16.8. The zero-order valence-corrected chi connectivity index (χ0v) is 15.0. The van der Waals surface area contributed by atoms with Crippen LogP contribution in [0.4, 0.5) is 11.4 Å². The molecule has 0 bridgehead atoms. The Hall–Kier alpha value is -1.92. The fourth-order valence-electron chi connectivity index (χ4n) is 3.10. The van der Waals surface area contributed by atoms with Gasteiger partial charge in [0.1, 0.15) is 0 Å². The van der Waals surface area contributed by atoms with Crippen molar-refractivity contribution >= 4 is 40.4 Å². The summed E-state index contributed by atoms with van der Waals surface area (Å²) in [4.78, 5) is 14.4. The standard InChI is InChI=1S/C17H21ClN6/c1-11-12(2)21-24-15-10-13(18)4-5-14(15)20-16(17(24)19-11)23-8-6-22(3)7-9-23/h4-5,10-11H,6-9H2,1-3H3. The van der Waals surface area contributed by atoms with Crippen molar-refractivity contribution < 1.29 is 0 Å². The lowest BCUT2D eigenvalue weighted by atomic mass is 10.1. The van der Waals surface area contributed by atoms with Crippen LogP contribution in [0.3, 0.4) is 0 Å².